The van der Waals surface area contributed by atoms with Crippen molar-refractivity contribution in [3.8, 4) is 0 Å². The topological polar surface area (TPSA) is 24.9 Å². The van der Waals surface area contributed by atoms with Crippen LogP contribution in [0.15, 0.2) is 54.6 Å². The van der Waals surface area contributed by atoms with E-state index in [9.17, 15) is 0 Å². The minimum absolute atomic E-state index is 0.756. The number of rotatable bonds is 3. The van der Waals surface area contributed by atoms with Crippen LogP contribution >= 0.6 is 11.6 Å². The molecule has 0 radical (unpaired) electrons. The maximum Gasteiger partial charge on any atom is 0.0936 e. The monoisotopic (exact) mass is 282 g/mol. The number of hydrogen-bond donors (Lipinski definition) is 1. The Bertz CT molecular complexity index is 736. The van der Waals surface area contributed by atoms with Gasteiger partial charge < -0.3 is 5.32 Å². The molecule has 1 N–H and O–H groups in total. The van der Waals surface area contributed by atoms with Gasteiger partial charge in [-0.3, -0.25) is 4.98 Å². The van der Waals surface area contributed by atoms with Gasteiger partial charge in [0.2, 0.25) is 0 Å². The van der Waals surface area contributed by atoms with Crippen molar-refractivity contribution >= 4 is 28.2 Å². The Labute approximate surface area is 123 Å². The molecule has 2 nitrogen and oxygen atoms in total. The molecule has 3 rings (SSSR count). The summed E-state index contributed by atoms with van der Waals surface area (Å²) in [6.45, 7) is 2.77. The first kappa shape index (κ1) is 12.9. The van der Waals surface area contributed by atoms with E-state index in [0.29, 0.717) is 0 Å². The van der Waals surface area contributed by atoms with E-state index in [1.807, 2.05) is 43.3 Å². The lowest BCUT2D eigenvalue weighted by Crippen LogP contribution is -2.00. The minimum Gasteiger partial charge on any atom is -0.379 e. The fraction of sp³-hybridized carbons (Fsp3) is 0.118. The van der Waals surface area contributed by atoms with Crippen LogP contribution in [0.3, 0.4) is 0 Å². The van der Waals surface area contributed by atoms with E-state index in [2.05, 4.69) is 28.5 Å². The molecule has 100 valence electrons. The van der Waals surface area contributed by atoms with Crippen LogP contribution in [0.1, 0.15) is 11.3 Å². The normalized spacial score (nSPS) is 10.7. The number of nitrogens with zero attached hydrogens (tertiary/aromatic N) is 1. The molecule has 0 saturated carbocycles. The van der Waals surface area contributed by atoms with Gasteiger partial charge in [-0.2, -0.15) is 0 Å². The van der Waals surface area contributed by atoms with Crippen LogP contribution in [0.5, 0.6) is 0 Å². The van der Waals surface area contributed by atoms with Gasteiger partial charge in [0.1, 0.15) is 0 Å². The van der Waals surface area contributed by atoms with E-state index in [-0.39, 0.29) is 0 Å². The van der Waals surface area contributed by atoms with Crippen LogP contribution in [0, 0.1) is 6.92 Å². The van der Waals surface area contributed by atoms with E-state index >= 15 is 0 Å². The molecule has 0 saturated heterocycles. The van der Waals surface area contributed by atoms with Crippen molar-refractivity contribution in [1.29, 1.82) is 0 Å². The summed E-state index contributed by atoms with van der Waals surface area (Å²) < 4.78 is 0. The number of para-hydroxylation sites is 1. The summed E-state index contributed by atoms with van der Waals surface area (Å²) >= 11 is 5.89. The third kappa shape index (κ3) is 2.75. The fourth-order valence-electron chi connectivity index (χ4n) is 2.19. The van der Waals surface area contributed by atoms with Gasteiger partial charge in [0.25, 0.3) is 0 Å². The molecular weight excluding hydrogens is 268 g/mol. The van der Waals surface area contributed by atoms with E-state index < -0.39 is 0 Å². The van der Waals surface area contributed by atoms with Crippen molar-refractivity contribution in [1.82, 2.24) is 4.98 Å². The van der Waals surface area contributed by atoms with Crippen molar-refractivity contribution in [3.63, 3.8) is 0 Å². The molecule has 3 heteroatoms. The van der Waals surface area contributed by atoms with E-state index in [4.69, 9.17) is 11.6 Å². The zero-order chi connectivity index (χ0) is 13.9. The second-order valence-corrected chi connectivity index (χ2v) is 5.25. The predicted molar refractivity (Wildman–Crippen MR) is 85.3 cm³/mol. The van der Waals surface area contributed by atoms with Gasteiger partial charge in [-0.05, 0) is 36.8 Å². The fourth-order valence-corrected chi connectivity index (χ4v) is 2.31. The molecule has 0 aliphatic carbocycles. The van der Waals surface area contributed by atoms with Crippen LogP contribution in [0.4, 0.5) is 5.69 Å². The summed E-state index contributed by atoms with van der Waals surface area (Å²) in [5.41, 5.74) is 4.29. The Balaban J connectivity index is 1.87. The Morgan fingerprint density at radius 3 is 2.60 bits per heavy atom. The van der Waals surface area contributed by atoms with Gasteiger partial charge in [0, 0.05) is 22.6 Å². The highest BCUT2D eigenvalue weighted by atomic mass is 35.5. The Morgan fingerprint density at radius 2 is 1.80 bits per heavy atom. The van der Waals surface area contributed by atoms with Crippen LogP contribution in [-0.4, -0.2) is 4.98 Å². The SMILES string of the molecule is Cc1ccc2cccc(NCc3ccc(Cl)cc3)c2n1. The highest BCUT2D eigenvalue weighted by Gasteiger charge is 2.02. The van der Waals surface area contributed by atoms with E-state index in [0.717, 1.165) is 33.9 Å². The van der Waals surface area contributed by atoms with Crippen LogP contribution in [0.2, 0.25) is 5.02 Å². The highest BCUT2D eigenvalue weighted by molar-refractivity contribution is 6.30. The van der Waals surface area contributed by atoms with E-state index in [1.54, 1.807) is 0 Å². The van der Waals surface area contributed by atoms with Crippen LogP contribution in [0.25, 0.3) is 10.9 Å². The first-order valence-corrected chi connectivity index (χ1v) is 6.95. The smallest absolute Gasteiger partial charge is 0.0936 e. The van der Waals surface area contributed by atoms with E-state index in [1.165, 1.54) is 5.56 Å². The van der Waals surface area contributed by atoms with Gasteiger partial charge >= 0.3 is 0 Å². The molecule has 0 atom stereocenters. The molecule has 20 heavy (non-hydrogen) atoms. The lowest BCUT2D eigenvalue weighted by molar-refractivity contribution is 1.15. The number of hydrogen-bond acceptors (Lipinski definition) is 2. The number of fused-ring (bicyclic) bond motifs is 1. The second-order valence-electron chi connectivity index (χ2n) is 4.81. The molecular formula is C17H15ClN2. The lowest BCUT2D eigenvalue weighted by Gasteiger charge is -2.10. The number of aryl methyl sites for hydroxylation is 1. The maximum absolute atomic E-state index is 5.89. The summed E-state index contributed by atoms with van der Waals surface area (Å²) in [7, 11) is 0. The van der Waals surface area contributed by atoms with Gasteiger partial charge in [0.05, 0.1) is 11.2 Å². The molecule has 1 aromatic heterocycles. The van der Waals surface area contributed by atoms with Crippen molar-refractivity contribution in [3.05, 3.63) is 70.9 Å². The first-order valence-electron chi connectivity index (χ1n) is 6.57. The van der Waals surface area contributed by atoms with Crippen molar-refractivity contribution < 1.29 is 0 Å². The maximum atomic E-state index is 5.89. The average Bonchev–Trinajstić information content (AvgIpc) is 2.47. The molecule has 0 aliphatic heterocycles. The third-order valence-electron chi connectivity index (χ3n) is 3.26. The highest BCUT2D eigenvalue weighted by Crippen LogP contribution is 2.22. The lowest BCUT2D eigenvalue weighted by atomic mass is 10.1. The summed E-state index contributed by atoms with van der Waals surface area (Å²) in [5, 5.41) is 5.36. The summed E-state index contributed by atoms with van der Waals surface area (Å²) in [6, 6.07) is 18.2. The predicted octanol–water partition coefficient (Wildman–Crippen LogP) is 4.81. The molecule has 0 bridgehead atoms. The molecule has 0 aliphatic rings. The number of aromatic nitrogens is 1. The average molecular weight is 283 g/mol. The van der Waals surface area contributed by atoms with Crippen LogP contribution in [-0.2, 0) is 6.54 Å². The molecule has 0 spiro atoms. The number of halogens is 1. The number of pyridine rings is 1. The van der Waals surface area contributed by atoms with Gasteiger partial charge in [0.15, 0.2) is 0 Å². The van der Waals surface area contributed by atoms with Crippen molar-refractivity contribution in [2.75, 3.05) is 5.32 Å². The van der Waals surface area contributed by atoms with Gasteiger partial charge in [-0.25, -0.2) is 0 Å². The largest absolute Gasteiger partial charge is 0.379 e. The molecule has 0 fully saturated rings. The summed E-state index contributed by atoms with van der Waals surface area (Å²) in [6.07, 6.45) is 0. The van der Waals surface area contributed by atoms with Gasteiger partial charge in [-0.15, -0.1) is 0 Å². The zero-order valence-corrected chi connectivity index (χ0v) is 12.0. The Morgan fingerprint density at radius 1 is 1.00 bits per heavy atom. The third-order valence-corrected chi connectivity index (χ3v) is 3.51. The quantitative estimate of drug-likeness (QED) is 0.746. The number of nitrogens with one attached hydrogen (secondary N) is 1. The molecule has 0 amide bonds. The van der Waals surface area contributed by atoms with Crippen molar-refractivity contribution in [2.45, 2.75) is 13.5 Å². The standard InChI is InChI=1S/C17H15ClN2/c1-12-5-8-14-3-2-4-16(17(14)20-12)19-11-13-6-9-15(18)10-7-13/h2-10,19H,11H2,1H3. The number of benzene rings is 2. The molecule has 0 unspecified atom stereocenters. The van der Waals surface area contributed by atoms with Crippen LogP contribution < -0.4 is 5.32 Å². The zero-order valence-electron chi connectivity index (χ0n) is 11.2. The summed E-state index contributed by atoms with van der Waals surface area (Å²) in [5.74, 6) is 0. The minimum atomic E-state index is 0.756. The van der Waals surface area contributed by atoms with Crippen molar-refractivity contribution in [2.24, 2.45) is 0 Å². The Kier molecular flexibility index (Phi) is 3.57. The van der Waals surface area contributed by atoms with Gasteiger partial charge in [-0.1, -0.05) is 41.9 Å². The summed E-state index contributed by atoms with van der Waals surface area (Å²) in [4.78, 5) is 4.62. The first-order chi connectivity index (χ1) is 9.72. The Hall–Kier alpha value is -2.06. The molecule has 1 heterocycles. The molecule has 3 aromatic rings. The number of anilines is 1. The second kappa shape index (κ2) is 5.51. The molecule has 2 aromatic carbocycles.